The Morgan fingerprint density at radius 1 is 0.814 bits per heavy atom. The van der Waals surface area contributed by atoms with Crippen LogP contribution in [0.1, 0.15) is 59.2 Å². The molecule has 3 amide bonds. The van der Waals surface area contributed by atoms with E-state index in [-0.39, 0.29) is 53.4 Å². The average molecular weight is 652 g/mol. The second-order valence-corrected chi connectivity index (χ2v) is 11.7. The van der Waals surface area contributed by atoms with Crippen LogP contribution in [-0.2, 0) is 21.9 Å². The van der Waals surface area contributed by atoms with Gasteiger partial charge in [0.25, 0.3) is 5.91 Å². The molecule has 14 heteroatoms. The van der Waals surface area contributed by atoms with Crippen LogP contribution in [-0.4, -0.2) is 71.7 Å². The summed E-state index contributed by atoms with van der Waals surface area (Å²) in [5.74, 6) is -2.10. The van der Waals surface area contributed by atoms with E-state index in [1.165, 1.54) is 14.0 Å². The molecule has 2 saturated heterocycles. The molecule has 234 valence electrons. The van der Waals surface area contributed by atoms with Gasteiger partial charge >= 0.3 is 12.4 Å². The highest BCUT2D eigenvalue weighted by atomic mass is 35.5. The fourth-order valence-corrected chi connectivity index (χ4v) is 6.11. The first-order valence-electron chi connectivity index (χ1n) is 13.5. The van der Waals surface area contributed by atoms with Crippen molar-refractivity contribution < 1.29 is 40.7 Å². The normalized spacial score (nSPS) is 20.2. The molecule has 2 aliphatic rings. The van der Waals surface area contributed by atoms with E-state index in [0.717, 1.165) is 4.90 Å². The van der Waals surface area contributed by atoms with Crippen molar-refractivity contribution in [3.63, 3.8) is 0 Å². The molecule has 43 heavy (non-hydrogen) atoms. The van der Waals surface area contributed by atoms with Gasteiger partial charge in [0, 0.05) is 63.6 Å². The minimum absolute atomic E-state index is 0.0275. The Labute approximate surface area is 254 Å². The molecule has 0 aliphatic carbocycles. The number of benzene rings is 2. The Balaban J connectivity index is 1.63. The molecule has 0 saturated carbocycles. The van der Waals surface area contributed by atoms with Crippen molar-refractivity contribution in [3.05, 3.63) is 68.7 Å². The van der Waals surface area contributed by atoms with Gasteiger partial charge in [-0.05, 0) is 55.2 Å². The number of likely N-dealkylation sites (N-methyl/N-ethyl adjacent to an activating group) is 1. The van der Waals surface area contributed by atoms with Crippen molar-refractivity contribution in [2.75, 3.05) is 33.2 Å². The largest absolute Gasteiger partial charge is 0.416 e. The van der Waals surface area contributed by atoms with E-state index in [2.05, 4.69) is 0 Å². The van der Waals surface area contributed by atoms with Crippen molar-refractivity contribution >= 4 is 40.9 Å². The fraction of sp³-hybridized carbons (Fsp3) is 0.483. The van der Waals surface area contributed by atoms with Gasteiger partial charge in [-0.15, -0.1) is 0 Å². The molecule has 0 bridgehead atoms. The lowest BCUT2D eigenvalue weighted by molar-refractivity contribution is -0.143. The Bertz CT molecular complexity index is 1360. The number of carbonyl (C=O) groups excluding carboxylic acids is 3. The highest BCUT2D eigenvalue weighted by Gasteiger charge is 2.41. The van der Waals surface area contributed by atoms with E-state index in [1.54, 1.807) is 28.0 Å². The molecular weight excluding hydrogens is 623 g/mol. The highest BCUT2D eigenvalue weighted by Crippen LogP contribution is 2.39. The second-order valence-electron chi connectivity index (χ2n) is 10.9. The maximum absolute atomic E-state index is 13.5. The molecule has 6 nitrogen and oxygen atoms in total. The number of amides is 3. The van der Waals surface area contributed by atoms with E-state index in [4.69, 9.17) is 23.2 Å². The van der Waals surface area contributed by atoms with Gasteiger partial charge in [0.05, 0.1) is 21.2 Å². The first-order chi connectivity index (χ1) is 20.0. The minimum Gasteiger partial charge on any atom is -0.343 e. The van der Waals surface area contributed by atoms with E-state index >= 15 is 0 Å². The molecule has 2 aromatic carbocycles. The lowest BCUT2D eigenvalue weighted by atomic mass is 9.83. The van der Waals surface area contributed by atoms with Gasteiger partial charge < -0.3 is 14.7 Å². The van der Waals surface area contributed by atoms with Crippen LogP contribution < -0.4 is 0 Å². The summed E-state index contributed by atoms with van der Waals surface area (Å²) in [5, 5.41) is 0.468. The van der Waals surface area contributed by atoms with Gasteiger partial charge in [-0.2, -0.15) is 26.3 Å². The highest BCUT2D eigenvalue weighted by molar-refractivity contribution is 6.42. The van der Waals surface area contributed by atoms with E-state index in [0.29, 0.717) is 43.6 Å². The second kappa shape index (κ2) is 12.6. The molecule has 0 N–H and O–H groups in total. The van der Waals surface area contributed by atoms with E-state index in [1.807, 2.05) is 0 Å². The van der Waals surface area contributed by atoms with Crippen molar-refractivity contribution in [1.82, 2.24) is 14.7 Å². The SMILES string of the molecule is CC(=O)N1CCC(C(=O)N2CCC(N(C)C(=O)c3cc(C(F)(F)F)cc(C(F)(F)F)c3)[C@H](c3ccc(Cl)c(Cl)c3)C2)CC1. The summed E-state index contributed by atoms with van der Waals surface area (Å²) in [7, 11) is 1.32. The molecule has 2 fully saturated rings. The number of likely N-dealkylation sites (tertiary alicyclic amines) is 2. The molecule has 2 atom stereocenters. The third-order valence-electron chi connectivity index (χ3n) is 8.20. The molecule has 4 rings (SSSR count). The molecule has 1 unspecified atom stereocenters. The minimum atomic E-state index is -5.11. The Kier molecular flexibility index (Phi) is 9.61. The van der Waals surface area contributed by atoms with Gasteiger partial charge in [0.15, 0.2) is 0 Å². The zero-order valence-electron chi connectivity index (χ0n) is 23.2. The average Bonchev–Trinajstić information content (AvgIpc) is 2.96. The van der Waals surface area contributed by atoms with Gasteiger partial charge in [-0.1, -0.05) is 29.3 Å². The lowest BCUT2D eigenvalue weighted by Crippen LogP contribution is -2.53. The quantitative estimate of drug-likeness (QED) is 0.344. The Morgan fingerprint density at radius 3 is 1.88 bits per heavy atom. The third-order valence-corrected chi connectivity index (χ3v) is 8.94. The fourth-order valence-electron chi connectivity index (χ4n) is 5.81. The monoisotopic (exact) mass is 651 g/mol. The van der Waals surface area contributed by atoms with E-state index < -0.39 is 46.9 Å². The molecular formula is C29H29Cl2F6N3O3. The molecule has 0 spiro atoms. The van der Waals surface area contributed by atoms with Crippen LogP contribution in [0.5, 0.6) is 0 Å². The maximum atomic E-state index is 13.5. The summed E-state index contributed by atoms with van der Waals surface area (Å²) in [6, 6.07) is 4.87. The van der Waals surface area contributed by atoms with Gasteiger partial charge in [-0.25, -0.2) is 0 Å². The van der Waals surface area contributed by atoms with Crippen LogP contribution in [0.2, 0.25) is 10.0 Å². The molecule has 0 aromatic heterocycles. The maximum Gasteiger partial charge on any atom is 0.416 e. The zero-order chi connectivity index (χ0) is 31.9. The number of hydrogen-bond acceptors (Lipinski definition) is 3. The summed E-state index contributed by atoms with van der Waals surface area (Å²) in [5.41, 5.74) is -3.33. The van der Waals surface area contributed by atoms with Crippen LogP contribution in [0.4, 0.5) is 26.3 Å². The number of hydrogen-bond donors (Lipinski definition) is 0. The first-order valence-corrected chi connectivity index (χ1v) is 14.3. The summed E-state index contributed by atoms with van der Waals surface area (Å²) in [6.45, 7) is 2.71. The van der Waals surface area contributed by atoms with Crippen LogP contribution in [0, 0.1) is 5.92 Å². The van der Waals surface area contributed by atoms with Crippen molar-refractivity contribution in [2.45, 2.75) is 50.5 Å². The topological polar surface area (TPSA) is 60.9 Å². The number of carbonyl (C=O) groups is 3. The predicted molar refractivity (Wildman–Crippen MR) is 148 cm³/mol. The number of alkyl halides is 6. The number of nitrogens with zero attached hydrogens (tertiary/aromatic N) is 3. The van der Waals surface area contributed by atoms with Crippen LogP contribution in [0.15, 0.2) is 36.4 Å². The van der Waals surface area contributed by atoms with Crippen molar-refractivity contribution in [2.24, 2.45) is 5.92 Å². The smallest absolute Gasteiger partial charge is 0.343 e. The first kappa shape index (κ1) is 32.9. The van der Waals surface area contributed by atoms with Crippen molar-refractivity contribution in [1.29, 1.82) is 0 Å². The predicted octanol–water partition coefficient (Wildman–Crippen LogP) is 6.75. The molecule has 2 aromatic rings. The van der Waals surface area contributed by atoms with Gasteiger partial charge in [0.2, 0.25) is 11.8 Å². The van der Waals surface area contributed by atoms with E-state index in [9.17, 15) is 40.7 Å². The molecule has 2 heterocycles. The molecule has 0 radical (unpaired) electrons. The van der Waals surface area contributed by atoms with Gasteiger partial charge in [-0.3, -0.25) is 14.4 Å². The summed E-state index contributed by atoms with van der Waals surface area (Å²) in [6.07, 6.45) is -9.03. The molecule has 2 aliphatic heterocycles. The Hall–Kier alpha value is -2.99. The lowest BCUT2D eigenvalue weighted by Gasteiger charge is -2.44. The number of halogens is 8. The van der Waals surface area contributed by atoms with Gasteiger partial charge in [0.1, 0.15) is 0 Å². The third kappa shape index (κ3) is 7.39. The zero-order valence-corrected chi connectivity index (χ0v) is 24.7. The summed E-state index contributed by atoms with van der Waals surface area (Å²) in [4.78, 5) is 43.1. The summed E-state index contributed by atoms with van der Waals surface area (Å²) >= 11 is 12.4. The van der Waals surface area contributed by atoms with Crippen molar-refractivity contribution in [3.8, 4) is 0 Å². The number of rotatable bonds is 4. The number of piperidine rings is 2. The van der Waals surface area contributed by atoms with Crippen LogP contribution in [0.3, 0.4) is 0 Å². The van der Waals surface area contributed by atoms with Crippen LogP contribution in [0.25, 0.3) is 0 Å². The summed E-state index contributed by atoms with van der Waals surface area (Å²) < 4.78 is 80.8. The Morgan fingerprint density at radius 2 is 1.37 bits per heavy atom. The standard InChI is InChI=1S/C29H29Cl2F6N3O3/c1-16(41)39-8-5-17(6-9-39)27(43)40-10-7-25(22(15-40)18-3-4-23(30)24(31)13-18)38(2)26(42)19-11-20(28(32,33)34)14-21(12-19)29(35,36)37/h3-4,11-14,17,22,25H,5-10,15H2,1-2H3/t22-,25?/m0/s1. The van der Waals surface area contributed by atoms with Crippen LogP contribution >= 0.6 is 23.2 Å².